The molecule has 3 unspecified atom stereocenters. The SMILES string of the molecule is CC(N)CC(=O)N1CCN(S(=O)(=O)N2CC(C)OC(C)C2)CC1. The van der Waals surface area contributed by atoms with Gasteiger partial charge in [-0.2, -0.15) is 17.0 Å². The summed E-state index contributed by atoms with van der Waals surface area (Å²) >= 11 is 0. The molecular weight excluding hydrogens is 320 g/mol. The Morgan fingerprint density at radius 1 is 1.13 bits per heavy atom. The molecule has 2 aliphatic heterocycles. The van der Waals surface area contributed by atoms with Crippen molar-refractivity contribution in [2.45, 2.75) is 45.4 Å². The summed E-state index contributed by atoms with van der Waals surface area (Å²) in [6.07, 6.45) is 0.0792. The van der Waals surface area contributed by atoms with Crippen LogP contribution >= 0.6 is 0 Å². The minimum absolute atomic E-state index is 0.00864. The summed E-state index contributed by atoms with van der Waals surface area (Å²) in [5.74, 6) is -0.00864. The number of nitrogens with two attached hydrogens (primary N) is 1. The van der Waals surface area contributed by atoms with Gasteiger partial charge in [-0.15, -0.1) is 0 Å². The molecule has 8 nitrogen and oxygen atoms in total. The topological polar surface area (TPSA) is 96.2 Å². The van der Waals surface area contributed by atoms with Crippen LogP contribution in [0.25, 0.3) is 0 Å². The fourth-order valence-electron chi connectivity index (χ4n) is 3.06. The van der Waals surface area contributed by atoms with E-state index < -0.39 is 10.2 Å². The van der Waals surface area contributed by atoms with Gasteiger partial charge in [-0.05, 0) is 20.8 Å². The van der Waals surface area contributed by atoms with Gasteiger partial charge in [0.15, 0.2) is 0 Å². The normalized spacial score (nSPS) is 29.5. The number of nitrogens with zero attached hydrogens (tertiary/aromatic N) is 3. The fraction of sp³-hybridized carbons (Fsp3) is 0.929. The molecule has 2 heterocycles. The molecule has 23 heavy (non-hydrogen) atoms. The van der Waals surface area contributed by atoms with Crippen LogP contribution in [0.15, 0.2) is 0 Å². The monoisotopic (exact) mass is 348 g/mol. The van der Waals surface area contributed by atoms with Gasteiger partial charge in [0.1, 0.15) is 0 Å². The van der Waals surface area contributed by atoms with Gasteiger partial charge in [0.05, 0.1) is 12.2 Å². The lowest BCUT2D eigenvalue weighted by molar-refractivity contribution is -0.132. The predicted octanol–water partition coefficient (Wildman–Crippen LogP) is -0.778. The molecule has 0 saturated carbocycles. The minimum atomic E-state index is -3.50. The van der Waals surface area contributed by atoms with Crippen LogP contribution in [0.2, 0.25) is 0 Å². The minimum Gasteiger partial charge on any atom is -0.373 e. The third-order valence-electron chi connectivity index (χ3n) is 4.13. The summed E-state index contributed by atoms with van der Waals surface area (Å²) < 4.78 is 34.1. The van der Waals surface area contributed by atoms with Crippen LogP contribution in [0.4, 0.5) is 0 Å². The number of hydrogen-bond donors (Lipinski definition) is 1. The molecule has 3 atom stereocenters. The van der Waals surface area contributed by atoms with E-state index in [2.05, 4.69) is 0 Å². The van der Waals surface area contributed by atoms with Crippen molar-refractivity contribution in [1.29, 1.82) is 0 Å². The first-order valence-electron chi connectivity index (χ1n) is 8.14. The van der Waals surface area contributed by atoms with Crippen molar-refractivity contribution in [3.63, 3.8) is 0 Å². The highest BCUT2D eigenvalue weighted by atomic mass is 32.2. The molecule has 0 aromatic carbocycles. The van der Waals surface area contributed by atoms with E-state index in [4.69, 9.17) is 10.5 Å². The Bertz CT molecular complexity index is 507. The number of rotatable bonds is 4. The van der Waals surface area contributed by atoms with Crippen molar-refractivity contribution in [2.24, 2.45) is 5.73 Å². The zero-order valence-corrected chi connectivity index (χ0v) is 15.0. The summed E-state index contributed by atoms with van der Waals surface area (Å²) in [5.41, 5.74) is 5.65. The summed E-state index contributed by atoms with van der Waals surface area (Å²) in [6, 6.07) is -0.180. The molecule has 1 amide bonds. The summed E-state index contributed by atoms with van der Waals surface area (Å²) in [4.78, 5) is 13.7. The van der Waals surface area contributed by atoms with E-state index >= 15 is 0 Å². The van der Waals surface area contributed by atoms with Gasteiger partial charge < -0.3 is 15.4 Å². The third-order valence-corrected chi connectivity index (χ3v) is 6.10. The standard InChI is InChI=1S/C14H28N4O4S/c1-11(15)8-14(19)16-4-6-17(7-5-16)23(20,21)18-9-12(2)22-13(3)10-18/h11-13H,4-10,15H2,1-3H3. The first-order valence-corrected chi connectivity index (χ1v) is 9.54. The summed E-state index contributed by atoms with van der Waals surface area (Å²) in [5, 5.41) is 0. The van der Waals surface area contributed by atoms with Gasteiger partial charge >= 0.3 is 0 Å². The molecule has 0 radical (unpaired) electrons. The van der Waals surface area contributed by atoms with Gasteiger partial charge in [-0.1, -0.05) is 0 Å². The van der Waals surface area contributed by atoms with Crippen molar-refractivity contribution in [3.8, 4) is 0 Å². The van der Waals surface area contributed by atoms with Gasteiger partial charge in [-0.3, -0.25) is 4.79 Å². The van der Waals surface area contributed by atoms with E-state index in [1.54, 1.807) is 11.8 Å². The summed E-state index contributed by atoms with van der Waals surface area (Å²) in [7, 11) is -3.50. The maximum absolute atomic E-state index is 12.8. The Hall–Kier alpha value is -0.740. The maximum atomic E-state index is 12.8. The molecule has 0 aromatic rings. The lowest BCUT2D eigenvalue weighted by Gasteiger charge is -2.40. The van der Waals surface area contributed by atoms with Crippen LogP contribution in [0.5, 0.6) is 0 Å². The zero-order valence-electron chi connectivity index (χ0n) is 14.1. The van der Waals surface area contributed by atoms with Gasteiger partial charge in [0, 0.05) is 51.7 Å². The average molecular weight is 348 g/mol. The van der Waals surface area contributed by atoms with Crippen LogP contribution in [0.3, 0.4) is 0 Å². The van der Waals surface area contributed by atoms with E-state index in [0.29, 0.717) is 45.7 Å². The molecule has 0 aliphatic carbocycles. The van der Waals surface area contributed by atoms with Crippen LogP contribution in [0.1, 0.15) is 27.2 Å². The number of amides is 1. The molecule has 2 saturated heterocycles. The van der Waals surface area contributed by atoms with E-state index in [-0.39, 0.29) is 24.2 Å². The van der Waals surface area contributed by atoms with Gasteiger partial charge in [0.2, 0.25) is 5.91 Å². The van der Waals surface area contributed by atoms with Crippen LogP contribution in [0, 0.1) is 0 Å². The van der Waals surface area contributed by atoms with Crippen molar-refractivity contribution in [1.82, 2.24) is 13.5 Å². The lowest BCUT2D eigenvalue weighted by atomic mass is 10.2. The molecule has 0 bridgehead atoms. The first-order chi connectivity index (χ1) is 10.7. The second kappa shape index (κ2) is 7.43. The van der Waals surface area contributed by atoms with Crippen molar-refractivity contribution >= 4 is 16.1 Å². The average Bonchev–Trinajstić information content (AvgIpc) is 2.45. The predicted molar refractivity (Wildman–Crippen MR) is 86.9 cm³/mol. The molecule has 2 aliphatic rings. The quantitative estimate of drug-likeness (QED) is 0.719. The largest absolute Gasteiger partial charge is 0.373 e. The summed E-state index contributed by atoms with van der Waals surface area (Å²) in [6.45, 7) is 7.78. The molecule has 134 valence electrons. The molecule has 2 fully saturated rings. The number of carbonyl (C=O) groups excluding carboxylic acids is 1. The Balaban J connectivity index is 1.94. The smallest absolute Gasteiger partial charge is 0.282 e. The van der Waals surface area contributed by atoms with Crippen molar-refractivity contribution < 1.29 is 17.9 Å². The molecule has 2 rings (SSSR count). The highest BCUT2D eigenvalue weighted by molar-refractivity contribution is 7.86. The van der Waals surface area contributed by atoms with Crippen molar-refractivity contribution in [3.05, 3.63) is 0 Å². The number of piperazine rings is 1. The maximum Gasteiger partial charge on any atom is 0.282 e. The highest BCUT2D eigenvalue weighted by Crippen LogP contribution is 2.19. The number of hydrogen-bond acceptors (Lipinski definition) is 5. The number of morpholine rings is 1. The van der Waals surface area contributed by atoms with E-state index in [9.17, 15) is 13.2 Å². The lowest BCUT2D eigenvalue weighted by Crippen LogP contribution is -2.57. The molecule has 0 spiro atoms. The molecular formula is C14H28N4O4S. The first kappa shape index (κ1) is 18.6. The Morgan fingerprint density at radius 3 is 2.13 bits per heavy atom. The van der Waals surface area contributed by atoms with Crippen LogP contribution in [-0.4, -0.2) is 85.4 Å². The second-order valence-electron chi connectivity index (χ2n) is 6.54. The number of carbonyl (C=O) groups is 1. The molecule has 0 aromatic heterocycles. The van der Waals surface area contributed by atoms with Crippen LogP contribution in [-0.2, 0) is 19.7 Å². The van der Waals surface area contributed by atoms with Gasteiger partial charge in [-0.25, -0.2) is 0 Å². The van der Waals surface area contributed by atoms with E-state index in [1.165, 1.54) is 8.61 Å². The zero-order chi connectivity index (χ0) is 17.2. The van der Waals surface area contributed by atoms with E-state index in [1.807, 2.05) is 13.8 Å². The Morgan fingerprint density at radius 2 is 1.65 bits per heavy atom. The molecule has 2 N–H and O–H groups in total. The Labute approximate surface area is 138 Å². The van der Waals surface area contributed by atoms with Gasteiger partial charge in [0.25, 0.3) is 10.2 Å². The second-order valence-corrected chi connectivity index (χ2v) is 8.47. The highest BCUT2D eigenvalue weighted by Gasteiger charge is 2.37. The third kappa shape index (κ3) is 4.63. The Kier molecular flexibility index (Phi) is 6.01. The fourth-order valence-corrected chi connectivity index (χ4v) is 4.80. The number of ether oxygens (including phenoxy) is 1. The van der Waals surface area contributed by atoms with Crippen molar-refractivity contribution in [2.75, 3.05) is 39.3 Å². The van der Waals surface area contributed by atoms with E-state index in [0.717, 1.165) is 0 Å². The van der Waals surface area contributed by atoms with Crippen LogP contribution < -0.4 is 5.73 Å². The molecule has 9 heteroatoms.